The Labute approximate surface area is 419 Å². The van der Waals surface area contributed by atoms with E-state index >= 15 is 8.78 Å². The zero-order valence-electron chi connectivity index (χ0n) is 39.7. The first-order valence-electron chi connectivity index (χ1n) is 23.3. The smallest absolute Gasteiger partial charge is 0.432 e. The van der Waals surface area contributed by atoms with Gasteiger partial charge in [-0.25, -0.2) is 43.9 Å². The number of ether oxygens (including phenoxy) is 4. The van der Waals surface area contributed by atoms with Crippen molar-refractivity contribution >= 4 is 0 Å². The first-order chi connectivity index (χ1) is 35.2. The van der Waals surface area contributed by atoms with Crippen LogP contribution in [0.25, 0.3) is 22.3 Å². The largest absolute Gasteiger partial charge is 0.493 e. The van der Waals surface area contributed by atoms with E-state index in [-0.39, 0.29) is 42.4 Å². The third-order valence-electron chi connectivity index (χ3n) is 11.9. The van der Waals surface area contributed by atoms with Gasteiger partial charge in [-0.05, 0) is 85.3 Å². The molecule has 0 aromatic heterocycles. The van der Waals surface area contributed by atoms with Crippen LogP contribution in [0.5, 0.6) is 23.0 Å². The van der Waals surface area contributed by atoms with Gasteiger partial charge in [0, 0.05) is 53.1 Å². The molecule has 0 saturated carbocycles. The van der Waals surface area contributed by atoms with E-state index in [1.807, 2.05) is 0 Å². The summed E-state index contributed by atoms with van der Waals surface area (Å²) in [5.74, 6) is -18.3. The average molecular weight is 1080 g/mol. The summed E-state index contributed by atoms with van der Waals surface area (Å²) in [6, 6.07) is 8.95. The van der Waals surface area contributed by atoms with Gasteiger partial charge in [0.2, 0.25) is 0 Å². The Kier molecular flexibility index (Phi) is 18.7. The van der Waals surface area contributed by atoms with Gasteiger partial charge in [-0.15, -0.1) is 0 Å². The van der Waals surface area contributed by atoms with E-state index in [1.165, 1.54) is 18.2 Å². The van der Waals surface area contributed by atoms with Crippen molar-refractivity contribution in [3.8, 4) is 45.3 Å². The summed E-state index contributed by atoms with van der Waals surface area (Å²) < 4.78 is 262. The lowest BCUT2D eigenvalue weighted by Crippen LogP contribution is -2.25. The number of unbranched alkanes of at least 4 members (excludes halogenated alkanes) is 6. The van der Waals surface area contributed by atoms with Crippen molar-refractivity contribution in [2.45, 2.75) is 96.4 Å². The molecule has 0 amide bonds. The summed E-state index contributed by atoms with van der Waals surface area (Å²) in [4.78, 5) is 0. The fraction of sp³-hybridized carbons (Fsp3) is 0.333. The average Bonchev–Trinajstić information content (AvgIpc) is 3.28. The normalized spacial score (nSPS) is 12.5. The Hall–Kier alpha value is -6.67. The molecule has 6 aromatic carbocycles. The minimum absolute atomic E-state index is 0.0793. The highest BCUT2D eigenvalue weighted by Gasteiger charge is 2.44. The lowest BCUT2D eigenvalue weighted by Gasteiger charge is -2.21. The second-order valence-electron chi connectivity index (χ2n) is 17.6. The first kappa shape index (κ1) is 57.6. The molecule has 0 N–H and O–H groups in total. The molecule has 0 aliphatic rings. The van der Waals surface area contributed by atoms with Crippen LogP contribution in [0.3, 0.4) is 0 Å². The molecule has 0 radical (unpaired) electrons. The highest BCUT2D eigenvalue weighted by molar-refractivity contribution is 5.67. The summed E-state index contributed by atoms with van der Waals surface area (Å²) in [6.45, 7) is 3.66. The van der Waals surface area contributed by atoms with Gasteiger partial charge in [0.1, 0.15) is 97.9 Å². The molecule has 6 rings (SSSR count). The lowest BCUT2D eigenvalue weighted by molar-refractivity contribution is -0.190. The van der Waals surface area contributed by atoms with Crippen molar-refractivity contribution < 1.29 is 93.6 Å². The predicted molar refractivity (Wildman–Crippen MR) is 241 cm³/mol. The molecule has 21 heteroatoms. The molecule has 0 aliphatic heterocycles. The topological polar surface area (TPSA) is 36.9 Å². The summed E-state index contributed by atoms with van der Waals surface area (Å²) in [5.41, 5.74) is -8.38. The maximum absolute atomic E-state index is 15.1. The van der Waals surface area contributed by atoms with E-state index in [4.69, 9.17) is 9.47 Å². The van der Waals surface area contributed by atoms with E-state index in [9.17, 15) is 65.9 Å². The molecule has 0 saturated heterocycles. The standard InChI is InChI=1S/C54H45F17O4/c1-29(11-7-3-5-9-17-72-33-13-15-37(41(57)23-33)31-19-43(59)50(44(60)20-31)53(68,69)74-35-25-39(55)30(2)40(56)26-35)12-8-4-6-10-18-73-34-14-16-38(42(58)24-34)32-21-45(61)51(46(62)22-32)54(70,71)75-36-27-47(63)49(48(64)28-36)52(65,66)67/h13-16,19-29H,3-12,17-18H2,1-2H3. The predicted octanol–water partition coefficient (Wildman–Crippen LogP) is 18.0. The Morgan fingerprint density at radius 2 is 0.693 bits per heavy atom. The zero-order valence-corrected chi connectivity index (χ0v) is 39.7. The van der Waals surface area contributed by atoms with Crippen molar-refractivity contribution in [3.05, 3.63) is 165 Å². The summed E-state index contributed by atoms with van der Waals surface area (Å²) in [7, 11) is 0. The minimum Gasteiger partial charge on any atom is -0.493 e. The maximum Gasteiger partial charge on any atom is 0.432 e. The van der Waals surface area contributed by atoms with Gasteiger partial charge in [-0.3, -0.25) is 0 Å². The van der Waals surface area contributed by atoms with Gasteiger partial charge < -0.3 is 18.9 Å². The molecule has 0 bridgehead atoms. The zero-order chi connectivity index (χ0) is 55.0. The van der Waals surface area contributed by atoms with Crippen molar-refractivity contribution in [3.63, 3.8) is 0 Å². The van der Waals surface area contributed by atoms with Gasteiger partial charge >= 0.3 is 18.4 Å². The van der Waals surface area contributed by atoms with Gasteiger partial charge in [0.05, 0.1) is 13.2 Å². The summed E-state index contributed by atoms with van der Waals surface area (Å²) in [6.07, 6.45) is -6.62. The maximum atomic E-state index is 15.1. The van der Waals surface area contributed by atoms with Gasteiger partial charge in [-0.1, -0.05) is 58.3 Å². The Bertz CT molecular complexity index is 2870. The van der Waals surface area contributed by atoms with Gasteiger partial charge in [-0.2, -0.15) is 30.7 Å². The fourth-order valence-electron chi connectivity index (χ4n) is 8.03. The quantitative estimate of drug-likeness (QED) is 0.0447. The SMILES string of the molecule is Cc1c(F)cc(OC(F)(F)c2c(F)cc(-c3ccc(OCCCCCCC(C)CCCCCCOc4ccc(-c5cc(F)c(C(F)(F)Oc6cc(F)c(C(F)(F)F)c(F)c6)c(F)c5)c(F)c4)cc3F)cc2F)cc1F. The van der Waals surface area contributed by atoms with Crippen LogP contribution in [-0.4, -0.2) is 13.2 Å². The monoisotopic (exact) mass is 1080 g/mol. The third-order valence-corrected chi connectivity index (χ3v) is 11.9. The highest BCUT2D eigenvalue weighted by Crippen LogP contribution is 2.42. The molecule has 1 atom stereocenters. The number of hydrogen-bond acceptors (Lipinski definition) is 4. The van der Waals surface area contributed by atoms with Crippen LogP contribution in [-0.2, 0) is 18.4 Å². The van der Waals surface area contributed by atoms with E-state index in [1.54, 1.807) is 0 Å². The van der Waals surface area contributed by atoms with E-state index < -0.39 is 127 Å². The third kappa shape index (κ3) is 14.8. The van der Waals surface area contributed by atoms with Crippen LogP contribution in [0.4, 0.5) is 74.6 Å². The van der Waals surface area contributed by atoms with E-state index in [0.29, 0.717) is 55.2 Å². The molecule has 1 unspecified atom stereocenters. The molecule has 0 fully saturated rings. The second kappa shape index (κ2) is 24.3. The van der Waals surface area contributed by atoms with Crippen LogP contribution < -0.4 is 18.9 Å². The lowest BCUT2D eigenvalue weighted by atomic mass is 9.96. The van der Waals surface area contributed by atoms with Crippen molar-refractivity contribution in [2.75, 3.05) is 13.2 Å². The van der Waals surface area contributed by atoms with Crippen molar-refractivity contribution in [1.82, 2.24) is 0 Å². The molecule has 0 spiro atoms. The number of alkyl halides is 7. The fourth-order valence-corrected chi connectivity index (χ4v) is 8.03. The molecule has 75 heavy (non-hydrogen) atoms. The number of halogens is 17. The minimum atomic E-state index is -5.52. The molecule has 0 aliphatic carbocycles. The highest BCUT2D eigenvalue weighted by atomic mass is 19.4. The first-order valence-corrected chi connectivity index (χ1v) is 23.3. The Balaban J connectivity index is 0.849. The van der Waals surface area contributed by atoms with Crippen molar-refractivity contribution in [2.24, 2.45) is 5.92 Å². The molecule has 6 aromatic rings. The van der Waals surface area contributed by atoms with Gasteiger partial charge in [0.15, 0.2) is 0 Å². The molecule has 404 valence electrons. The van der Waals surface area contributed by atoms with E-state index in [0.717, 1.165) is 76.5 Å². The van der Waals surface area contributed by atoms with E-state index in [2.05, 4.69) is 16.4 Å². The van der Waals surface area contributed by atoms with Crippen LogP contribution in [0.2, 0.25) is 0 Å². The second-order valence-corrected chi connectivity index (χ2v) is 17.6. The van der Waals surface area contributed by atoms with Crippen molar-refractivity contribution in [1.29, 1.82) is 0 Å². The number of rotatable bonds is 24. The molecule has 4 nitrogen and oxygen atoms in total. The van der Waals surface area contributed by atoms with Crippen LogP contribution >= 0.6 is 0 Å². The summed E-state index contributed by atoms with van der Waals surface area (Å²) >= 11 is 0. The van der Waals surface area contributed by atoms with Crippen LogP contribution in [0, 0.1) is 71.0 Å². The van der Waals surface area contributed by atoms with Gasteiger partial charge in [0.25, 0.3) is 0 Å². The summed E-state index contributed by atoms with van der Waals surface area (Å²) in [5, 5.41) is 0. The number of hydrogen-bond donors (Lipinski definition) is 0. The number of benzene rings is 6. The molecular weight excluding hydrogens is 1040 g/mol. The van der Waals surface area contributed by atoms with Crippen LogP contribution in [0.1, 0.15) is 93.4 Å². The Morgan fingerprint density at radius 1 is 0.373 bits per heavy atom. The molecule has 0 heterocycles. The van der Waals surface area contributed by atoms with Crippen LogP contribution in [0.15, 0.2) is 84.9 Å². The molecular formula is C54H45F17O4. The Morgan fingerprint density at radius 3 is 1.04 bits per heavy atom.